The van der Waals surface area contributed by atoms with E-state index in [-0.39, 0.29) is 6.10 Å². The number of ether oxygens (including phenoxy) is 2. The molecule has 0 aliphatic heterocycles. The predicted octanol–water partition coefficient (Wildman–Crippen LogP) is 4.92. The number of hydrogen-bond donors (Lipinski definition) is 0. The molecule has 2 heteroatoms. The average molecular weight is 280 g/mol. The van der Waals surface area contributed by atoms with E-state index in [2.05, 4.69) is 33.1 Å². The first kappa shape index (κ1) is 19.1. The number of hydrogen-bond acceptors (Lipinski definition) is 2. The van der Waals surface area contributed by atoms with Gasteiger partial charge in [0.1, 0.15) is 0 Å². The molecule has 0 rings (SSSR count). The highest BCUT2D eigenvalue weighted by Crippen LogP contribution is 2.13. The van der Waals surface area contributed by atoms with Crippen LogP contribution in [0.4, 0.5) is 0 Å². The lowest BCUT2D eigenvalue weighted by Gasteiger charge is -2.14. The molecule has 0 saturated heterocycles. The quantitative estimate of drug-likeness (QED) is 0.352. The topological polar surface area (TPSA) is 18.5 Å². The lowest BCUT2D eigenvalue weighted by Crippen LogP contribution is -2.11. The van der Waals surface area contributed by atoms with Crippen molar-refractivity contribution in [2.45, 2.75) is 52.1 Å². The van der Waals surface area contributed by atoms with Crippen LogP contribution in [0.5, 0.6) is 0 Å². The summed E-state index contributed by atoms with van der Waals surface area (Å²) in [6.07, 6.45) is 11.9. The Hall–Kier alpha value is -0.860. The molecule has 0 aliphatic rings. The summed E-state index contributed by atoms with van der Waals surface area (Å²) in [4.78, 5) is 0. The molecule has 0 aliphatic carbocycles. The summed E-state index contributed by atoms with van der Waals surface area (Å²) in [5.41, 5.74) is 1.29. The Morgan fingerprint density at radius 2 is 1.95 bits per heavy atom. The van der Waals surface area contributed by atoms with Gasteiger partial charge in [0, 0.05) is 13.7 Å². The van der Waals surface area contributed by atoms with Gasteiger partial charge in [0.25, 0.3) is 0 Å². The summed E-state index contributed by atoms with van der Waals surface area (Å²) in [5.74, 6) is 0.481. The summed E-state index contributed by atoms with van der Waals surface area (Å²) < 4.78 is 11.0. The molecule has 20 heavy (non-hydrogen) atoms. The number of unbranched alkanes of at least 4 members (excludes halogenated alkanes) is 3. The van der Waals surface area contributed by atoms with Crippen LogP contribution in [0.15, 0.2) is 37.0 Å². The van der Waals surface area contributed by atoms with E-state index < -0.39 is 0 Å². The SMILES string of the molecule is C=CCCCCCOC/C(C)=C\C(C)CC(C=C)OC. The van der Waals surface area contributed by atoms with Crippen molar-refractivity contribution in [2.75, 3.05) is 20.3 Å². The molecule has 0 amide bonds. The van der Waals surface area contributed by atoms with Gasteiger partial charge >= 0.3 is 0 Å². The highest BCUT2D eigenvalue weighted by molar-refractivity contribution is 5.01. The maximum atomic E-state index is 5.69. The first-order chi connectivity index (χ1) is 9.63. The molecule has 2 nitrogen and oxygen atoms in total. The summed E-state index contributed by atoms with van der Waals surface area (Å²) in [6, 6.07) is 0. The molecule has 0 saturated carbocycles. The van der Waals surface area contributed by atoms with Gasteiger partial charge in [-0.1, -0.05) is 37.1 Å². The smallest absolute Gasteiger partial charge is 0.0754 e. The molecule has 0 spiro atoms. The van der Waals surface area contributed by atoms with Crippen LogP contribution in [0.25, 0.3) is 0 Å². The Morgan fingerprint density at radius 3 is 2.55 bits per heavy atom. The molecule has 0 aromatic carbocycles. The van der Waals surface area contributed by atoms with Crippen LogP contribution >= 0.6 is 0 Å². The van der Waals surface area contributed by atoms with Crippen molar-refractivity contribution in [3.05, 3.63) is 37.0 Å². The summed E-state index contributed by atoms with van der Waals surface area (Å²) in [6.45, 7) is 13.4. The van der Waals surface area contributed by atoms with E-state index in [1.54, 1.807) is 7.11 Å². The van der Waals surface area contributed by atoms with Crippen LogP contribution in [-0.2, 0) is 9.47 Å². The van der Waals surface area contributed by atoms with E-state index in [1.807, 2.05) is 12.2 Å². The van der Waals surface area contributed by atoms with Crippen molar-refractivity contribution < 1.29 is 9.47 Å². The molecule has 0 aromatic heterocycles. The maximum absolute atomic E-state index is 5.69. The van der Waals surface area contributed by atoms with Crippen molar-refractivity contribution in [1.29, 1.82) is 0 Å². The number of allylic oxidation sites excluding steroid dienone is 2. The van der Waals surface area contributed by atoms with Crippen molar-refractivity contribution in [3.63, 3.8) is 0 Å². The Kier molecular flexibility index (Phi) is 12.6. The number of methoxy groups -OCH3 is 1. The second-order valence-electron chi connectivity index (χ2n) is 5.43. The molecule has 0 aromatic rings. The van der Waals surface area contributed by atoms with E-state index in [9.17, 15) is 0 Å². The molecule has 116 valence electrons. The van der Waals surface area contributed by atoms with E-state index in [0.717, 1.165) is 32.5 Å². The average Bonchev–Trinajstić information content (AvgIpc) is 2.43. The van der Waals surface area contributed by atoms with Gasteiger partial charge < -0.3 is 9.47 Å². The second kappa shape index (κ2) is 13.1. The largest absolute Gasteiger partial charge is 0.377 e. The van der Waals surface area contributed by atoms with Crippen LogP contribution in [0, 0.1) is 5.92 Å². The lowest BCUT2D eigenvalue weighted by molar-refractivity contribution is 0.125. The monoisotopic (exact) mass is 280 g/mol. The second-order valence-corrected chi connectivity index (χ2v) is 5.43. The third-order valence-corrected chi connectivity index (χ3v) is 3.27. The molecule has 2 atom stereocenters. The van der Waals surface area contributed by atoms with Crippen LogP contribution in [-0.4, -0.2) is 26.4 Å². The van der Waals surface area contributed by atoms with Gasteiger partial charge in [-0.3, -0.25) is 0 Å². The molecule has 0 heterocycles. The highest BCUT2D eigenvalue weighted by Gasteiger charge is 2.07. The van der Waals surface area contributed by atoms with E-state index in [1.165, 1.54) is 18.4 Å². The van der Waals surface area contributed by atoms with Gasteiger partial charge in [-0.2, -0.15) is 0 Å². The maximum Gasteiger partial charge on any atom is 0.0754 e. The highest BCUT2D eigenvalue weighted by atomic mass is 16.5. The van der Waals surface area contributed by atoms with Crippen LogP contribution in [0.2, 0.25) is 0 Å². The minimum absolute atomic E-state index is 0.139. The van der Waals surface area contributed by atoms with Gasteiger partial charge in [0.15, 0.2) is 0 Å². The zero-order valence-corrected chi connectivity index (χ0v) is 13.6. The fourth-order valence-electron chi connectivity index (χ4n) is 2.16. The summed E-state index contributed by atoms with van der Waals surface area (Å²) in [7, 11) is 1.73. The Balaban J connectivity index is 3.73. The molecule has 0 bridgehead atoms. The van der Waals surface area contributed by atoms with Crippen molar-refractivity contribution in [3.8, 4) is 0 Å². The molecular formula is C18H32O2. The zero-order chi connectivity index (χ0) is 15.2. The lowest BCUT2D eigenvalue weighted by atomic mass is 10.0. The van der Waals surface area contributed by atoms with Crippen molar-refractivity contribution in [1.82, 2.24) is 0 Å². The fourth-order valence-corrected chi connectivity index (χ4v) is 2.16. The third-order valence-electron chi connectivity index (χ3n) is 3.27. The number of rotatable bonds is 13. The van der Waals surface area contributed by atoms with Gasteiger partial charge in [-0.15, -0.1) is 13.2 Å². The first-order valence-corrected chi connectivity index (χ1v) is 7.65. The summed E-state index contributed by atoms with van der Waals surface area (Å²) in [5, 5.41) is 0. The van der Waals surface area contributed by atoms with Crippen molar-refractivity contribution in [2.24, 2.45) is 5.92 Å². The van der Waals surface area contributed by atoms with Crippen molar-refractivity contribution >= 4 is 0 Å². The minimum Gasteiger partial charge on any atom is -0.377 e. The first-order valence-electron chi connectivity index (χ1n) is 7.65. The molecule has 0 N–H and O–H groups in total. The van der Waals surface area contributed by atoms with Gasteiger partial charge in [0.05, 0.1) is 12.7 Å². The molecule has 0 radical (unpaired) electrons. The Morgan fingerprint density at radius 1 is 1.20 bits per heavy atom. The molecular weight excluding hydrogens is 248 g/mol. The summed E-state index contributed by atoms with van der Waals surface area (Å²) >= 11 is 0. The van der Waals surface area contributed by atoms with E-state index in [4.69, 9.17) is 9.47 Å². The van der Waals surface area contributed by atoms with Gasteiger partial charge in [0.2, 0.25) is 0 Å². The normalized spacial score (nSPS) is 14.8. The van der Waals surface area contributed by atoms with E-state index >= 15 is 0 Å². The van der Waals surface area contributed by atoms with Crippen LogP contribution < -0.4 is 0 Å². The zero-order valence-electron chi connectivity index (χ0n) is 13.6. The predicted molar refractivity (Wildman–Crippen MR) is 88.0 cm³/mol. The van der Waals surface area contributed by atoms with Gasteiger partial charge in [-0.05, 0) is 38.5 Å². The van der Waals surface area contributed by atoms with E-state index in [0.29, 0.717) is 5.92 Å². The van der Waals surface area contributed by atoms with Crippen LogP contribution in [0.1, 0.15) is 46.0 Å². The minimum atomic E-state index is 0.139. The Bertz CT molecular complexity index is 281. The fraction of sp³-hybridized carbons (Fsp3) is 0.667. The van der Waals surface area contributed by atoms with Gasteiger partial charge in [-0.25, -0.2) is 0 Å². The van der Waals surface area contributed by atoms with Crippen LogP contribution in [0.3, 0.4) is 0 Å². The Labute approximate surface area is 125 Å². The third kappa shape index (κ3) is 11.0. The molecule has 2 unspecified atom stereocenters. The molecule has 0 fully saturated rings. The standard InChI is InChI=1S/C18H32O2/c1-6-8-9-10-11-12-20-15-17(4)13-16(3)14-18(7-2)19-5/h6-7,13,16,18H,1-2,8-12,14-15H2,3-5H3/b17-13-.